The van der Waals surface area contributed by atoms with Gasteiger partial charge in [-0.05, 0) is 34.1 Å². The molecular formula is C17H26BN3O7S. The van der Waals surface area contributed by atoms with E-state index in [1.165, 1.54) is 17.3 Å². The van der Waals surface area contributed by atoms with Crippen LogP contribution in [-0.4, -0.2) is 88.8 Å². The smallest absolute Gasteiger partial charge is 0.399 e. The maximum Gasteiger partial charge on any atom is 0.498 e. The summed E-state index contributed by atoms with van der Waals surface area (Å²) >= 11 is 0. The van der Waals surface area contributed by atoms with Gasteiger partial charge in [0.1, 0.15) is 0 Å². The maximum absolute atomic E-state index is 12.8. The lowest BCUT2D eigenvalue weighted by Crippen LogP contribution is -2.41. The minimum absolute atomic E-state index is 0.0828. The van der Waals surface area contributed by atoms with Crippen LogP contribution in [0.4, 0.5) is 0 Å². The van der Waals surface area contributed by atoms with Crippen LogP contribution in [0, 0.1) is 0 Å². The summed E-state index contributed by atoms with van der Waals surface area (Å²) in [6.07, 6.45) is 1.39. The molecule has 3 heterocycles. The molecular weight excluding hydrogens is 401 g/mol. The highest BCUT2D eigenvalue weighted by atomic mass is 32.2. The lowest BCUT2D eigenvalue weighted by atomic mass is 9.81. The van der Waals surface area contributed by atoms with E-state index in [4.69, 9.17) is 14.4 Å². The monoisotopic (exact) mass is 427 g/mol. The number of aliphatic hydroxyl groups excluding tert-OH is 2. The first-order chi connectivity index (χ1) is 13.4. The molecule has 0 spiro atoms. The number of likely N-dealkylation sites (tertiary alicyclic amines) is 1. The third-order valence-corrected chi connectivity index (χ3v) is 7.76. The van der Waals surface area contributed by atoms with E-state index in [1.807, 2.05) is 27.7 Å². The van der Waals surface area contributed by atoms with Crippen molar-refractivity contribution in [2.45, 2.75) is 61.8 Å². The molecule has 12 heteroatoms. The van der Waals surface area contributed by atoms with Gasteiger partial charge in [0.2, 0.25) is 15.0 Å². The Morgan fingerprint density at radius 2 is 1.83 bits per heavy atom. The van der Waals surface area contributed by atoms with Crippen LogP contribution in [0.1, 0.15) is 34.1 Å². The molecule has 2 aliphatic rings. The number of rotatable bonds is 5. The van der Waals surface area contributed by atoms with Gasteiger partial charge in [-0.1, -0.05) is 0 Å². The first-order valence-electron chi connectivity index (χ1n) is 9.38. The molecule has 1 unspecified atom stereocenters. The van der Waals surface area contributed by atoms with Gasteiger partial charge in [-0.15, -0.1) is 0 Å². The van der Waals surface area contributed by atoms with Crippen LogP contribution in [0.5, 0.6) is 0 Å². The van der Waals surface area contributed by atoms with Gasteiger partial charge in [-0.2, -0.15) is 0 Å². The van der Waals surface area contributed by atoms with Gasteiger partial charge in [0.15, 0.2) is 6.10 Å². The van der Waals surface area contributed by atoms with Crippen molar-refractivity contribution in [3.8, 4) is 0 Å². The fraction of sp³-hybridized carbons (Fsp3) is 0.706. The summed E-state index contributed by atoms with van der Waals surface area (Å²) in [6.45, 7) is 7.02. The van der Waals surface area contributed by atoms with E-state index in [0.717, 1.165) is 0 Å². The number of hydrogen-bond donors (Lipinski definition) is 2. The molecule has 0 radical (unpaired) electrons. The minimum atomic E-state index is -3.87. The topological polar surface area (TPSA) is 139 Å². The van der Waals surface area contributed by atoms with E-state index in [9.17, 15) is 18.3 Å². The Balaban J connectivity index is 1.72. The van der Waals surface area contributed by atoms with Crippen molar-refractivity contribution < 1.29 is 32.7 Å². The number of aromatic nitrogens is 2. The molecule has 0 bridgehead atoms. The van der Waals surface area contributed by atoms with Gasteiger partial charge in [0, 0.05) is 30.9 Å². The fourth-order valence-corrected chi connectivity index (χ4v) is 4.68. The number of nitrogens with zero attached hydrogens (tertiary/aromatic N) is 3. The average Bonchev–Trinajstić information content (AvgIpc) is 3.24. The quantitative estimate of drug-likeness (QED) is 0.425. The van der Waals surface area contributed by atoms with Gasteiger partial charge in [-0.25, -0.2) is 18.4 Å². The number of aliphatic hydroxyl groups is 2. The zero-order valence-electron chi connectivity index (χ0n) is 16.9. The highest BCUT2D eigenvalue weighted by Gasteiger charge is 2.52. The number of carbonyl (C=O) groups is 1. The molecule has 0 aromatic carbocycles. The van der Waals surface area contributed by atoms with Crippen LogP contribution in [0.25, 0.3) is 0 Å². The fourth-order valence-electron chi connectivity index (χ4n) is 3.19. The summed E-state index contributed by atoms with van der Waals surface area (Å²) < 4.78 is 37.5. The van der Waals surface area contributed by atoms with Gasteiger partial charge < -0.3 is 24.4 Å². The predicted octanol–water partition coefficient (Wildman–Crippen LogP) is -1.50. The molecule has 0 saturated carbocycles. The Morgan fingerprint density at radius 1 is 1.28 bits per heavy atom. The van der Waals surface area contributed by atoms with Crippen LogP contribution in [0.3, 0.4) is 0 Å². The van der Waals surface area contributed by atoms with Crippen molar-refractivity contribution in [3.63, 3.8) is 0 Å². The van der Waals surface area contributed by atoms with E-state index in [-0.39, 0.29) is 24.7 Å². The van der Waals surface area contributed by atoms with Crippen LogP contribution >= 0.6 is 0 Å². The molecule has 0 aliphatic carbocycles. The van der Waals surface area contributed by atoms with Gasteiger partial charge in [-0.3, -0.25) is 4.79 Å². The summed E-state index contributed by atoms with van der Waals surface area (Å²) in [5.41, 5.74) is -0.570. The number of amides is 1. The van der Waals surface area contributed by atoms with E-state index < -0.39 is 52.0 Å². The second-order valence-electron chi connectivity index (χ2n) is 8.33. The van der Waals surface area contributed by atoms with Crippen molar-refractivity contribution in [2.75, 3.05) is 19.7 Å². The second kappa shape index (κ2) is 7.58. The normalized spacial score (nSPS) is 24.7. The Labute approximate surface area is 170 Å². The van der Waals surface area contributed by atoms with Crippen LogP contribution in [-0.2, 0) is 23.9 Å². The summed E-state index contributed by atoms with van der Waals surface area (Å²) in [4.78, 5) is 21.2. The summed E-state index contributed by atoms with van der Waals surface area (Å²) in [5.74, 6) is -0.692. The number of sulfone groups is 1. The van der Waals surface area contributed by atoms with Gasteiger partial charge in [0.05, 0.1) is 23.1 Å². The first kappa shape index (κ1) is 22.1. The summed E-state index contributed by atoms with van der Waals surface area (Å²) in [7, 11) is -4.56. The molecule has 10 nitrogen and oxygen atoms in total. The van der Waals surface area contributed by atoms with Gasteiger partial charge >= 0.3 is 7.12 Å². The molecule has 2 aliphatic heterocycles. The molecule has 1 aromatic rings. The molecule has 29 heavy (non-hydrogen) atoms. The third kappa shape index (κ3) is 4.04. The van der Waals surface area contributed by atoms with E-state index in [0.29, 0.717) is 5.46 Å². The molecule has 2 fully saturated rings. The van der Waals surface area contributed by atoms with Crippen molar-refractivity contribution in [1.82, 2.24) is 14.9 Å². The van der Waals surface area contributed by atoms with Crippen LogP contribution in [0.15, 0.2) is 17.6 Å². The highest BCUT2D eigenvalue weighted by molar-refractivity contribution is 7.91. The van der Waals surface area contributed by atoms with Crippen LogP contribution in [0.2, 0.25) is 0 Å². The largest absolute Gasteiger partial charge is 0.498 e. The Hall–Kier alpha value is -1.60. The first-order valence-corrected chi connectivity index (χ1v) is 10.9. The molecule has 1 amide bonds. The molecule has 1 aromatic heterocycles. The highest BCUT2D eigenvalue weighted by Crippen LogP contribution is 2.36. The van der Waals surface area contributed by atoms with Crippen molar-refractivity contribution in [2.24, 2.45) is 0 Å². The minimum Gasteiger partial charge on any atom is -0.399 e. The number of hydrogen-bond acceptors (Lipinski definition) is 9. The third-order valence-electron chi connectivity index (χ3n) is 5.78. The summed E-state index contributed by atoms with van der Waals surface area (Å²) in [6, 6.07) is 0. The second-order valence-corrected chi connectivity index (χ2v) is 10.4. The average molecular weight is 427 g/mol. The molecule has 160 valence electrons. The van der Waals surface area contributed by atoms with Crippen molar-refractivity contribution in [1.29, 1.82) is 0 Å². The van der Waals surface area contributed by atoms with Gasteiger partial charge in [0.25, 0.3) is 5.91 Å². The molecule has 2 atom stereocenters. The molecule has 2 N–H and O–H groups in total. The maximum atomic E-state index is 12.8. The Kier molecular flexibility index (Phi) is 5.78. The van der Waals surface area contributed by atoms with E-state index in [2.05, 4.69) is 9.97 Å². The predicted molar refractivity (Wildman–Crippen MR) is 103 cm³/mol. The van der Waals surface area contributed by atoms with E-state index >= 15 is 0 Å². The van der Waals surface area contributed by atoms with Crippen LogP contribution < -0.4 is 5.46 Å². The standard InChI is InChI=1S/C17H26BN3O7S/c1-16(2)17(3,4)28-18(27-16)11-7-19-15(20-8-11)29(25,26)12-5-6-21(9-12)14(24)13(23)10-22/h7-8,12-13,22-23H,5-6,9-10H2,1-4H3/t12-,13?/m1/s1. The Bertz CT molecular complexity index is 860. The zero-order chi connectivity index (χ0) is 21.6. The van der Waals surface area contributed by atoms with E-state index in [1.54, 1.807) is 0 Å². The van der Waals surface area contributed by atoms with Crippen molar-refractivity contribution >= 4 is 28.3 Å². The molecule has 3 rings (SSSR count). The molecule has 2 saturated heterocycles. The zero-order valence-corrected chi connectivity index (χ0v) is 17.7. The lowest BCUT2D eigenvalue weighted by molar-refractivity contribution is -0.140. The SMILES string of the molecule is CC1(C)OB(c2cnc(S(=O)(=O)[C@@H]3CCN(C(=O)C(O)CO)C3)nc2)OC1(C)C. The lowest BCUT2D eigenvalue weighted by Gasteiger charge is -2.32. The van der Waals surface area contributed by atoms with Crippen molar-refractivity contribution in [3.05, 3.63) is 12.4 Å². The number of carbonyl (C=O) groups excluding carboxylic acids is 1. The Morgan fingerprint density at radius 3 is 2.34 bits per heavy atom. The summed E-state index contributed by atoms with van der Waals surface area (Å²) in [5, 5.41) is 17.1.